The number of imidazole rings is 1. The van der Waals surface area contributed by atoms with Gasteiger partial charge in [-0.25, -0.2) is 9.50 Å². The first-order valence-corrected chi connectivity index (χ1v) is 5.47. The van der Waals surface area contributed by atoms with E-state index in [0.29, 0.717) is 23.9 Å². The van der Waals surface area contributed by atoms with E-state index in [-0.39, 0.29) is 0 Å². The van der Waals surface area contributed by atoms with E-state index in [1.54, 1.807) is 6.26 Å². The minimum Gasteiger partial charge on any atom is -0.461 e. The molecule has 3 aromatic rings. The molecule has 0 unspecified atom stereocenters. The summed E-state index contributed by atoms with van der Waals surface area (Å²) in [6.07, 6.45) is 2.39. The van der Waals surface area contributed by atoms with E-state index >= 15 is 0 Å². The summed E-state index contributed by atoms with van der Waals surface area (Å²) >= 11 is 0. The van der Waals surface area contributed by atoms with E-state index in [2.05, 4.69) is 15.1 Å². The summed E-state index contributed by atoms with van der Waals surface area (Å²) in [5, 5.41) is 3.17. The molecule has 0 saturated heterocycles. The molecule has 0 aliphatic heterocycles. The third-order valence-corrected chi connectivity index (χ3v) is 2.72. The Hall–Kier alpha value is -2.08. The number of fused-ring (bicyclic) bond motifs is 1. The Balaban J connectivity index is 2.14. The van der Waals surface area contributed by atoms with Crippen molar-refractivity contribution in [3.05, 3.63) is 29.8 Å². The normalized spacial score (nSPS) is 11.4. The van der Waals surface area contributed by atoms with Crippen LogP contribution in [-0.4, -0.2) is 26.1 Å². The maximum Gasteiger partial charge on any atom is 0.251 e. The van der Waals surface area contributed by atoms with Gasteiger partial charge in [-0.15, -0.1) is 0 Å². The zero-order chi connectivity index (χ0) is 11.8. The predicted molar refractivity (Wildman–Crippen MR) is 62.5 cm³/mol. The maximum atomic E-state index is 5.59. The van der Waals surface area contributed by atoms with Crippen LogP contribution >= 0.6 is 0 Å². The zero-order valence-electron chi connectivity index (χ0n) is 9.47. The number of hydrogen-bond acceptors (Lipinski definition) is 4. The topological polar surface area (TPSA) is 85.1 Å². The summed E-state index contributed by atoms with van der Waals surface area (Å²) in [7, 11) is 0. The molecule has 17 heavy (non-hydrogen) atoms. The molecule has 3 aromatic heterocycles. The zero-order valence-corrected chi connectivity index (χ0v) is 9.47. The van der Waals surface area contributed by atoms with Gasteiger partial charge >= 0.3 is 0 Å². The standard InChI is InChI=1S/C11H13N5O/c1-7-8(4-5-12)16-11(13-7)14-10(15-16)9-3-2-6-17-9/h2-3,6H,4-5,12H2,1H3,(H,13,14,15). The van der Waals surface area contributed by atoms with Crippen LogP contribution in [0.5, 0.6) is 0 Å². The molecular weight excluding hydrogens is 218 g/mol. The first-order valence-electron chi connectivity index (χ1n) is 5.47. The summed E-state index contributed by atoms with van der Waals surface area (Å²) in [6, 6.07) is 3.68. The average molecular weight is 231 g/mol. The molecule has 3 heterocycles. The van der Waals surface area contributed by atoms with E-state index in [9.17, 15) is 0 Å². The van der Waals surface area contributed by atoms with Crippen LogP contribution in [0.15, 0.2) is 22.8 Å². The summed E-state index contributed by atoms with van der Waals surface area (Å²) in [5.74, 6) is 2.03. The lowest BCUT2D eigenvalue weighted by Crippen LogP contribution is -2.06. The number of rotatable bonds is 3. The summed E-state index contributed by atoms with van der Waals surface area (Å²) in [5.41, 5.74) is 7.61. The molecule has 0 saturated carbocycles. The fourth-order valence-corrected chi connectivity index (χ4v) is 1.92. The van der Waals surface area contributed by atoms with Crippen LogP contribution in [0.2, 0.25) is 0 Å². The third kappa shape index (κ3) is 1.53. The molecule has 0 aliphatic rings. The van der Waals surface area contributed by atoms with Crippen molar-refractivity contribution in [2.24, 2.45) is 5.73 Å². The molecule has 0 amide bonds. The van der Waals surface area contributed by atoms with Crippen molar-refractivity contribution in [3.8, 4) is 11.6 Å². The van der Waals surface area contributed by atoms with E-state index in [4.69, 9.17) is 10.2 Å². The smallest absolute Gasteiger partial charge is 0.251 e. The monoisotopic (exact) mass is 231 g/mol. The Kier molecular flexibility index (Phi) is 2.22. The van der Waals surface area contributed by atoms with Gasteiger partial charge in [0.15, 0.2) is 11.6 Å². The van der Waals surface area contributed by atoms with Crippen LogP contribution in [-0.2, 0) is 6.42 Å². The third-order valence-electron chi connectivity index (χ3n) is 2.72. The maximum absolute atomic E-state index is 5.59. The highest BCUT2D eigenvalue weighted by Crippen LogP contribution is 2.18. The van der Waals surface area contributed by atoms with Gasteiger partial charge in [-0.3, -0.25) is 5.10 Å². The number of hydrogen-bond donors (Lipinski definition) is 2. The number of furan rings is 1. The van der Waals surface area contributed by atoms with Crippen molar-refractivity contribution in [2.75, 3.05) is 6.54 Å². The van der Waals surface area contributed by atoms with Crippen molar-refractivity contribution >= 4 is 5.78 Å². The van der Waals surface area contributed by atoms with Gasteiger partial charge in [0.1, 0.15) is 0 Å². The number of nitrogens with zero attached hydrogens (tertiary/aromatic N) is 3. The number of aromatic amines is 1. The van der Waals surface area contributed by atoms with Gasteiger partial charge in [0.2, 0.25) is 0 Å². The highest BCUT2D eigenvalue weighted by atomic mass is 16.3. The minimum absolute atomic E-state index is 0.587. The lowest BCUT2D eigenvalue weighted by Gasteiger charge is -1.97. The molecule has 0 fully saturated rings. The molecule has 6 nitrogen and oxygen atoms in total. The second-order valence-corrected chi connectivity index (χ2v) is 3.87. The van der Waals surface area contributed by atoms with Crippen LogP contribution in [0, 0.1) is 6.92 Å². The Bertz CT molecular complexity index is 634. The van der Waals surface area contributed by atoms with Crippen LogP contribution in [0.4, 0.5) is 0 Å². The van der Waals surface area contributed by atoms with Crippen LogP contribution in [0.3, 0.4) is 0 Å². The molecule has 0 atom stereocenters. The Labute approximate surface area is 97.5 Å². The summed E-state index contributed by atoms with van der Waals surface area (Å²) < 4.78 is 7.15. The number of nitrogens with two attached hydrogens (primary N) is 1. The molecule has 0 radical (unpaired) electrons. The molecule has 0 aliphatic carbocycles. The predicted octanol–water partition coefficient (Wildman–Crippen LogP) is 1.13. The van der Waals surface area contributed by atoms with Gasteiger partial charge in [0.05, 0.1) is 17.7 Å². The number of nitrogens with one attached hydrogen (secondary N) is 1. The number of H-pyrrole nitrogens is 1. The van der Waals surface area contributed by atoms with Gasteiger partial charge < -0.3 is 10.2 Å². The van der Waals surface area contributed by atoms with Crippen molar-refractivity contribution in [1.29, 1.82) is 0 Å². The Morgan fingerprint density at radius 3 is 3.06 bits per heavy atom. The fraction of sp³-hybridized carbons (Fsp3) is 0.273. The lowest BCUT2D eigenvalue weighted by atomic mass is 10.3. The van der Waals surface area contributed by atoms with Crippen LogP contribution in [0.25, 0.3) is 17.4 Å². The minimum atomic E-state index is 0.587. The number of aryl methyl sites for hydroxylation is 1. The summed E-state index contributed by atoms with van der Waals surface area (Å²) in [4.78, 5) is 8.77. The fourth-order valence-electron chi connectivity index (χ4n) is 1.92. The van der Waals surface area contributed by atoms with Crippen LogP contribution < -0.4 is 5.73 Å². The quantitative estimate of drug-likeness (QED) is 0.707. The van der Waals surface area contributed by atoms with Crippen molar-refractivity contribution in [3.63, 3.8) is 0 Å². The molecular formula is C11H13N5O. The van der Waals surface area contributed by atoms with Crippen molar-refractivity contribution < 1.29 is 4.42 Å². The van der Waals surface area contributed by atoms with E-state index in [0.717, 1.165) is 17.8 Å². The lowest BCUT2D eigenvalue weighted by molar-refractivity contribution is 0.577. The average Bonchev–Trinajstić information content (AvgIpc) is 2.96. The summed E-state index contributed by atoms with van der Waals surface area (Å²) in [6.45, 7) is 2.55. The van der Waals surface area contributed by atoms with Gasteiger partial charge in [-0.1, -0.05) is 0 Å². The Morgan fingerprint density at radius 2 is 2.35 bits per heavy atom. The molecule has 0 spiro atoms. The second-order valence-electron chi connectivity index (χ2n) is 3.87. The van der Waals surface area contributed by atoms with Gasteiger partial charge in [-0.05, 0) is 25.6 Å². The highest BCUT2D eigenvalue weighted by molar-refractivity contribution is 5.50. The largest absolute Gasteiger partial charge is 0.461 e. The van der Waals surface area contributed by atoms with Gasteiger partial charge in [-0.2, -0.15) is 4.98 Å². The van der Waals surface area contributed by atoms with Crippen LogP contribution in [0.1, 0.15) is 11.4 Å². The molecule has 6 heteroatoms. The van der Waals surface area contributed by atoms with Gasteiger partial charge in [0.25, 0.3) is 5.78 Å². The van der Waals surface area contributed by atoms with E-state index in [1.807, 2.05) is 23.6 Å². The molecule has 88 valence electrons. The highest BCUT2D eigenvalue weighted by Gasteiger charge is 2.14. The Morgan fingerprint density at radius 1 is 1.47 bits per heavy atom. The first-order chi connectivity index (χ1) is 8.29. The molecule has 3 rings (SSSR count). The first kappa shape index (κ1) is 10.1. The van der Waals surface area contributed by atoms with E-state index < -0.39 is 0 Å². The molecule has 0 bridgehead atoms. The van der Waals surface area contributed by atoms with Crippen molar-refractivity contribution in [2.45, 2.75) is 13.3 Å². The second kappa shape index (κ2) is 3.74. The van der Waals surface area contributed by atoms with Crippen molar-refractivity contribution in [1.82, 2.24) is 19.6 Å². The SMILES string of the molecule is Cc1nc2nc(-c3ccco3)[nH]n2c1CCN. The molecule has 0 aromatic carbocycles. The van der Waals surface area contributed by atoms with Gasteiger partial charge in [0, 0.05) is 6.42 Å². The molecule has 3 N–H and O–H groups in total. The number of aromatic nitrogens is 4. The van der Waals surface area contributed by atoms with E-state index in [1.165, 1.54) is 0 Å².